The van der Waals surface area contributed by atoms with Crippen LogP contribution < -0.4 is 5.32 Å². The number of unbranched alkanes of at least 4 members (excludes halogenated alkanes) is 1. The second-order valence-corrected chi connectivity index (χ2v) is 9.48. The number of halogens is 1. The first-order valence-corrected chi connectivity index (χ1v) is 13.8. The minimum Gasteiger partial charge on any atom is -0.457 e. The van der Waals surface area contributed by atoms with E-state index >= 15 is 0 Å². The van der Waals surface area contributed by atoms with Crippen LogP contribution in [0.25, 0.3) is 0 Å². The van der Waals surface area contributed by atoms with Crippen LogP contribution in [0.1, 0.15) is 103 Å². The average Bonchev–Trinajstić information content (AvgIpc) is 2.86. The third kappa shape index (κ3) is 12.4. The molecule has 0 amide bonds. The van der Waals surface area contributed by atoms with Crippen LogP contribution in [0.15, 0.2) is 77.7 Å². The fourth-order valence-electron chi connectivity index (χ4n) is 3.71. The molecule has 0 saturated heterocycles. The van der Waals surface area contributed by atoms with E-state index in [0.717, 1.165) is 72.4 Å². The van der Waals surface area contributed by atoms with Crippen molar-refractivity contribution in [1.29, 1.82) is 0 Å². The van der Waals surface area contributed by atoms with E-state index < -0.39 is 0 Å². The second-order valence-electron chi connectivity index (χ2n) is 9.08. The summed E-state index contributed by atoms with van der Waals surface area (Å²) in [5.41, 5.74) is 5.49. The highest BCUT2D eigenvalue weighted by molar-refractivity contribution is 6.31. The van der Waals surface area contributed by atoms with Gasteiger partial charge in [-0.05, 0) is 81.2 Å². The summed E-state index contributed by atoms with van der Waals surface area (Å²) in [4.78, 5) is 12.7. The minimum absolute atomic E-state index is 0.149. The molecule has 1 rings (SSSR count). The van der Waals surface area contributed by atoms with Gasteiger partial charge in [-0.1, -0.05) is 93.8 Å². The first-order valence-electron chi connectivity index (χ1n) is 13.4. The van der Waals surface area contributed by atoms with Crippen molar-refractivity contribution in [3.63, 3.8) is 0 Å². The summed E-state index contributed by atoms with van der Waals surface area (Å²) >= 11 is 6.18. The van der Waals surface area contributed by atoms with Gasteiger partial charge in [-0.25, -0.2) is 0 Å². The molecule has 0 aliphatic carbocycles. The summed E-state index contributed by atoms with van der Waals surface area (Å²) in [6.07, 6.45) is 21.4. The van der Waals surface area contributed by atoms with Crippen LogP contribution in [0, 0.1) is 6.92 Å². The van der Waals surface area contributed by atoms with E-state index in [1.165, 1.54) is 5.57 Å². The van der Waals surface area contributed by atoms with Crippen LogP contribution in [0.3, 0.4) is 0 Å². The Morgan fingerprint density at radius 2 is 1.94 bits per heavy atom. The zero-order chi connectivity index (χ0) is 26.8. The number of nitrogens with one attached hydrogen (secondary N) is 1. The highest BCUT2D eigenvalue weighted by Crippen LogP contribution is 2.27. The summed E-state index contributed by atoms with van der Waals surface area (Å²) in [5.74, 6) is -0.149. The lowest BCUT2D eigenvalue weighted by atomic mass is 10.0. The molecule has 0 radical (unpaired) electrons. The summed E-state index contributed by atoms with van der Waals surface area (Å²) in [6.45, 7) is 12.5. The number of allylic oxidation sites excluding steroid dienone is 9. The lowest BCUT2D eigenvalue weighted by Crippen LogP contribution is -2.12. The van der Waals surface area contributed by atoms with Gasteiger partial charge >= 0.3 is 5.97 Å². The van der Waals surface area contributed by atoms with Gasteiger partial charge < -0.3 is 10.1 Å². The Morgan fingerprint density at radius 3 is 2.58 bits per heavy atom. The smallest absolute Gasteiger partial charge is 0.306 e. The summed E-state index contributed by atoms with van der Waals surface area (Å²) in [5, 5.41) is 4.22. The molecule has 1 atom stereocenters. The van der Waals surface area contributed by atoms with Crippen molar-refractivity contribution in [2.24, 2.45) is 0 Å². The van der Waals surface area contributed by atoms with Gasteiger partial charge in [0.1, 0.15) is 6.10 Å². The van der Waals surface area contributed by atoms with Crippen molar-refractivity contribution >= 4 is 17.6 Å². The molecule has 0 saturated carbocycles. The molecule has 1 aromatic carbocycles. The maximum Gasteiger partial charge on any atom is 0.306 e. The van der Waals surface area contributed by atoms with Crippen molar-refractivity contribution in [3.8, 4) is 0 Å². The Kier molecular flexibility index (Phi) is 16.4. The molecule has 1 N–H and O–H groups in total. The standard InChI is InChI=1S/C32H46ClNO2/c1-7-11-13-17-27(15-9-3)26(6)24-34-29(18-12-8-2)19-14-20-32(35)36-31(16-10-4)28-21-22-30(33)25(5)23-28/h9,11,13,15,17-18,21-24,31,34H,7-8,10,12,14,16,19-20H2,1-6H3/b13-11+,15-9-,26-24+,27-17+,29-18+. The normalized spacial score (nSPS) is 14.0. The quantitative estimate of drug-likeness (QED) is 0.177. The van der Waals surface area contributed by atoms with Crippen LogP contribution in [0.4, 0.5) is 0 Å². The average molecular weight is 512 g/mol. The van der Waals surface area contributed by atoms with E-state index in [1.807, 2.05) is 32.0 Å². The van der Waals surface area contributed by atoms with Gasteiger partial charge in [0.25, 0.3) is 0 Å². The van der Waals surface area contributed by atoms with Crippen LogP contribution in [0.5, 0.6) is 0 Å². The number of esters is 1. The Morgan fingerprint density at radius 1 is 1.17 bits per heavy atom. The lowest BCUT2D eigenvalue weighted by Gasteiger charge is -2.19. The highest BCUT2D eigenvalue weighted by atomic mass is 35.5. The third-order valence-corrected chi connectivity index (χ3v) is 6.23. The molecule has 0 spiro atoms. The predicted octanol–water partition coefficient (Wildman–Crippen LogP) is 9.85. The van der Waals surface area contributed by atoms with E-state index in [4.69, 9.17) is 16.3 Å². The first kappa shape index (κ1) is 31.5. The Labute approximate surface area is 225 Å². The first-order chi connectivity index (χ1) is 17.4. The second kappa shape index (κ2) is 18.7. The molecule has 3 nitrogen and oxygen atoms in total. The molecule has 4 heteroatoms. The predicted molar refractivity (Wildman–Crippen MR) is 156 cm³/mol. The number of carbonyl (C=O) groups is 1. The van der Waals surface area contributed by atoms with E-state index in [9.17, 15) is 4.79 Å². The molecule has 36 heavy (non-hydrogen) atoms. The molecule has 0 aromatic heterocycles. The van der Waals surface area contributed by atoms with E-state index in [1.54, 1.807) is 0 Å². The number of rotatable bonds is 16. The van der Waals surface area contributed by atoms with Gasteiger partial charge in [0.15, 0.2) is 0 Å². The molecule has 0 heterocycles. The van der Waals surface area contributed by atoms with Gasteiger partial charge in [0.05, 0.1) is 0 Å². The maximum atomic E-state index is 12.7. The number of benzene rings is 1. The zero-order valence-corrected chi connectivity index (χ0v) is 24.0. The van der Waals surface area contributed by atoms with Gasteiger partial charge in [-0.15, -0.1) is 0 Å². The molecule has 0 bridgehead atoms. The number of ether oxygens (including phenoxy) is 1. The van der Waals surface area contributed by atoms with Crippen molar-refractivity contribution in [1.82, 2.24) is 5.32 Å². The third-order valence-electron chi connectivity index (χ3n) is 5.81. The fourth-order valence-corrected chi connectivity index (χ4v) is 3.82. The maximum absolute atomic E-state index is 12.7. The number of hydrogen-bond donors (Lipinski definition) is 1. The monoisotopic (exact) mass is 511 g/mol. The van der Waals surface area contributed by atoms with Crippen molar-refractivity contribution < 1.29 is 9.53 Å². The van der Waals surface area contributed by atoms with Gasteiger partial charge in [0.2, 0.25) is 0 Å². The van der Waals surface area contributed by atoms with Gasteiger partial charge in [-0.2, -0.15) is 0 Å². The Hall–Kier alpha value is -2.52. The van der Waals surface area contributed by atoms with Crippen molar-refractivity contribution in [2.75, 3.05) is 0 Å². The number of carbonyl (C=O) groups excluding carboxylic acids is 1. The molecular weight excluding hydrogens is 466 g/mol. The Bertz CT molecular complexity index is 953. The van der Waals surface area contributed by atoms with Gasteiger partial charge in [-0.3, -0.25) is 4.79 Å². The molecule has 1 unspecified atom stereocenters. The van der Waals surface area contributed by atoms with Crippen LogP contribution >= 0.6 is 11.6 Å². The number of hydrogen-bond acceptors (Lipinski definition) is 3. The summed E-state index contributed by atoms with van der Waals surface area (Å²) in [6, 6.07) is 5.86. The summed E-state index contributed by atoms with van der Waals surface area (Å²) < 4.78 is 5.88. The van der Waals surface area contributed by atoms with Crippen LogP contribution in [0.2, 0.25) is 5.02 Å². The minimum atomic E-state index is -0.226. The van der Waals surface area contributed by atoms with Gasteiger partial charge in [0, 0.05) is 23.3 Å². The van der Waals surface area contributed by atoms with E-state index in [0.29, 0.717) is 6.42 Å². The largest absolute Gasteiger partial charge is 0.457 e. The van der Waals surface area contributed by atoms with Crippen LogP contribution in [-0.2, 0) is 9.53 Å². The topological polar surface area (TPSA) is 38.3 Å². The summed E-state index contributed by atoms with van der Waals surface area (Å²) in [7, 11) is 0. The molecule has 0 fully saturated rings. The molecule has 1 aromatic rings. The van der Waals surface area contributed by atoms with E-state index in [2.05, 4.69) is 75.7 Å². The fraction of sp³-hybridized carbons (Fsp3) is 0.469. The van der Waals surface area contributed by atoms with Crippen molar-refractivity contribution in [2.45, 2.75) is 99.0 Å². The number of aryl methyl sites for hydroxylation is 1. The zero-order valence-electron chi connectivity index (χ0n) is 23.2. The highest BCUT2D eigenvalue weighted by Gasteiger charge is 2.17. The molecular formula is C32H46ClNO2. The SMILES string of the molecule is C\C=C/C(=C\C=C\CC)C(/C)=C/N/C(=C/CCC)CCCC(=O)OC(CCC)c1ccc(Cl)c(C)c1. The molecule has 198 valence electrons. The van der Waals surface area contributed by atoms with Crippen LogP contribution in [-0.4, -0.2) is 5.97 Å². The molecule has 0 aliphatic rings. The molecule has 0 aliphatic heterocycles. The lowest BCUT2D eigenvalue weighted by molar-refractivity contribution is -0.150. The van der Waals surface area contributed by atoms with Crippen molar-refractivity contribution in [3.05, 3.63) is 93.8 Å². The van der Waals surface area contributed by atoms with E-state index in [-0.39, 0.29) is 12.1 Å². The Balaban J connectivity index is 2.77.